The first-order valence-electron chi connectivity index (χ1n) is 25.4. The first-order valence-corrected chi connectivity index (χ1v) is 25.4. The van der Waals surface area contributed by atoms with E-state index in [2.05, 4.69) is 19.2 Å². The summed E-state index contributed by atoms with van der Waals surface area (Å²) < 4.78 is 11.2. The fourth-order valence-electron chi connectivity index (χ4n) is 8.28. The minimum Gasteiger partial charge on any atom is -0.394 e. The van der Waals surface area contributed by atoms with Gasteiger partial charge in [0.25, 0.3) is 0 Å². The van der Waals surface area contributed by atoms with E-state index < -0.39 is 49.5 Å². The maximum atomic E-state index is 12.9. The molecule has 1 saturated heterocycles. The highest BCUT2D eigenvalue weighted by atomic mass is 16.7. The van der Waals surface area contributed by atoms with Crippen LogP contribution in [0.3, 0.4) is 0 Å². The van der Waals surface area contributed by atoms with E-state index in [1.165, 1.54) is 186 Å². The molecule has 9 nitrogen and oxygen atoms in total. The molecule has 1 heterocycles. The fourth-order valence-corrected chi connectivity index (χ4v) is 8.28. The molecule has 1 fully saturated rings. The highest BCUT2D eigenvalue weighted by molar-refractivity contribution is 5.76. The predicted molar refractivity (Wildman–Crippen MR) is 244 cm³/mol. The van der Waals surface area contributed by atoms with Crippen LogP contribution < -0.4 is 5.32 Å². The molecule has 9 heteroatoms. The van der Waals surface area contributed by atoms with Crippen molar-refractivity contribution in [1.82, 2.24) is 5.32 Å². The molecule has 0 spiro atoms. The zero-order chi connectivity index (χ0) is 43.0. The van der Waals surface area contributed by atoms with Crippen molar-refractivity contribution >= 4 is 5.91 Å². The maximum absolute atomic E-state index is 12.9. The average Bonchev–Trinajstić information content (AvgIpc) is 3.23. The summed E-state index contributed by atoms with van der Waals surface area (Å²) in [5.74, 6) is -0.178. The largest absolute Gasteiger partial charge is 0.394 e. The Balaban J connectivity index is 2.18. The first-order chi connectivity index (χ1) is 28.8. The number of hydrogen-bond donors (Lipinski definition) is 6. The quantitative estimate of drug-likeness (QED) is 0.0263. The van der Waals surface area contributed by atoms with Gasteiger partial charge >= 0.3 is 0 Å². The molecule has 0 aromatic heterocycles. The molecule has 0 bridgehead atoms. The molecule has 1 amide bonds. The number of nitrogens with one attached hydrogen (secondary N) is 1. The van der Waals surface area contributed by atoms with E-state index in [0.717, 1.165) is 38.5 Å². The van der Waals surface area contributed by atoms with E-state index in [-0.39, 0.29) is 12.5 Å². The van der Waals surface area contributed by atoms with Crippen molar-refractivity contribution in [2.24, 2.45) is 0 Å². The van der Waals surface area contributed by atoms with Crippen LogP contribution in [0.5, 0.6) is 0 Å². The molecule has 6 N–H and O–H groups in total. The standard InChI is InChI=1S/C50H97NO8/c1-3-5-7-9-11-13-14-15-16-17-18-19-20-21-22-23-24-25-26-27-28-29-30-32-33-35-37-39-44(53)43(42-58-50-49(57)48(56)47(55)45(41-52)59-50)51-46(54)40-38-36-34-31-12-10-8-6-4-2/h37,39,43-45,47-50,52-53,55-57H,3-36,38,40-42H2,1-2H3,(H,51,54)/b39-37+. The van der Waals surface area contributed by atoms with Crippen molar-refractivity contribution in [3.8, 4) is 0 Å². The molecule has 7 unspecified atom stereocenters. The molecule has 350 valence electrons. The minimum absolute atomic E-state index is 0.178. The maximum Gasteiger partial charge on any atom is 0.220 e. The second kappa shape index (κ2) is 41.0. The summed E-state index contributed by atoms with van der Waals surface area (Å²) >= 11 is 0. The average molecular weight is 840 g/mol. The second-order valence-corrected chi connectivity index (χ2v) is 18.0. The number of rotatable bonds is 43. The fraction of sp³-hybridized carbons (Fsp3) is 0.940. The lowest BCUT2D eigenvalue weighted by Crippen LogP contribution is -2.60. The van der Waals surface area contributed by atoms with Crippen molar-refractivity contribution in [1.29, 1.82) is 0 Å². The van der Waals surface area contributed by atoms with Gasteiger partial charge in [-0.1, -0.05) is 231 Å². The number of aliphatic hydroxyl groups is 5. The molecule has 1 rings (SSSR count). The minimum atomic E-state index is -1.56. The van der Waals surface area contributed by atoms with E-state index in [1.54, 1.807) is 6.08 Å². The van der Waals surface area contributed by atoms with Crippen LogP contribution in [-0.2, 0) is 14.3 Å². The molecular formula is C50H97NO8. The number of carbonyl (C=O) groups excluding carboxylic acids is 1. The van der Waals surface area contributed by atoms with Crippen LogP contribution in [0.4, 0.5) is 0 Å². The Morgan fingerprint density at radius 1 is 0.559 bits per heavy atom. The molecular weight excluding hydrogens is 743 g/mol. The van der Waals surface area contributed by atoms with Crippen molar-refractivity contribution in [3.63, 3.8) is 0 Å². The van der Waals surface area contributed by atoms with E-state index in [0.29, 0.717) is 6.42 Å². The molecule has 0 aliphatic carbocycles. The number of aliphatic hydroxyl groups excluding tert-OH is 5. The van der Waals surface area contributed by atoms with Gasteiger partial charge in [0.1, 0.15) is 24.4 Å². The molecule has 59 heavy (non-hydrogen) atoms. The lowest BCUT2D eigenvalue weighted by molar-refractivity contribution is -0.302. The SMILES string of the molecule is CCCCCCCCCCCCCCCCCCCCCCCCCCC/C=C/C(O)C(COC1OC(CO)C(O)C(O)C1O)NC(=O)CCCCCCCCCCC. The Kier molecular flexibility index (Phi) is 38.9. The number of amides is 1. The van der Waals surface area contributed by atoms with Crippen LogP contribution in [0, 0.1) is 0 Å². The van der Waals surface area contributed by atoms with E-state index in [1.807, 2.05) is 6.08 Å². The Labute approximate surface area is 363 Å². The van der Waals surface area contributed by atoms with E-state index >= 15 is 0 Å². The van der Waals surface area contributed by atoms with Gasteiger partial charge in [-0.2, -0.15) is 0 Å². The predicted octanol–water partition coefficient (Wildman–Crippen LogP) is 11.3. The normalized spacial score (nSPS) is 20.7. The number of hydrogen-bond acceptors (Lipinski definition) is 8. The Hall–Kier alpha value is -1.07. The first kappa shape index (κ1) is 55.9. The molecule has 0 aromatic rings. The second-order valence-electron chi connectivity index (χ2n) is 18.0. The van der Waals surface area contributed by atoms with Crippen molar-refractivity contribution in [2.45, 2.75) is 288 Å². The highest BCUT2D eigenvalue weighted by Crippen LogP contribution is 2.23. The lowest BCUT2D eigenvalue weighted by atomic mass is 9.99. The van der Waals surface area contributed by atoms with Crippen LogP contribution >= 0.6 is 0 Å². The number of allylic oxidation sites excluding steroid dienone is 1. The Bertz CT molecular complexity index is 935. The van der Waals surface area contributed by atoms with E-state index in [4.69, 9.17) is 9.47 Å². The van der Waals surface area contributed by atoms with Gasteiger partial charge in [0.05, 0.1) is 25.4 Å². The van der Waals surface area contributed by atoms with Crippen molar-refractivity contribution < 1.29 is 39.8 Å². The summed E-state index contributed by atoms with van der Waals surface area (Å²) in [6.45, 7) is 3.77. The zero-order valence-electron chi connectivity index (χ0n) is 38.5. The molecule has 0 aromatic carbocycles. The number of ether oxygens (including phenoxy) is 2. The molecule has 1 aliphatic heterocycles. The smallest absolute Gasteiger partial charge is 0.220 e. The third-order valence-electron chi connectivity index (χ3n) is 12.4. The zero-order valence-corrected chi connectivity index (χ0v) is 38.5. The summed E-state index contributed by atoms with van der Waals surface area (Å²) in [5, 5.41) is 54.2. The van der Waals surface area contributed by atoms with Crippen molar-refractivity contribution in [2.75, 3.05) is 13.2 Å². The van der Waals surface area contributed by atoms with Crippen molar-refractivity contribution in [3.05, 3.63) is 12.2 Å². The van der Waals surface area contributed by atoms with Crippen LogP contribution in [0.1, 0.15) is 245 Å². The van der Waals surface area contributed by atoms with Gasteiger partial charge in [0.15, 0.2) is 6.29 Å². The number of carbonyl (C=O) groups is 1. The lowest BCUT2D eigenvalue weighted by Gasteiger charge is -2.40. The van der Waals surface area contributed by atoms with Gasteiger partial charge in [-0.3, -0.25) is 4.79 Å². The van der Waals surface area contributed by atoms with Gasteiger partial charge in [-0.05, 0) is 19.3 Å². The van der Waals surface area contributed by atoms with Gasteiger partial charge in [0, 0.05) is 6.42 Å². The highest BCUT2D eigenvalue weighted by Gasteiger charge is 2.44. The van der Waals surface area contributed by atoms with Gasteiger partial charge < -0.3 is 40.3 Å². The molecule has 1 aliphatic rings. The van der Waals surface area contributed by atoms with Crippen LogP contribution in [0.15, 0.2) is 12.2 Å². The van der Waals surface area contributed by atoms with Gasteiger partial charge in [0.2, 0.25) is 5.91 Å². The summed E-state index contributed by atoms with van der Waals surface area (Å²) in [4.78, 5) is 12.9. The summed E-state index contributed by atoms with van der Waals surface area (Å²) in [5.41, 5.74) is 0. The monoisotopic (exact) mass is 840 g/mol. The Morgan fingerprint density at radius 2 is 0.932 bits per heavy atom. The molecule has 0 saturated carbocycles. The number of unbranched alkanes of at least 4 members (excludes halogenated alkanes) is 33. The van der Waals surface area contributed by atoms with Gasteiger partial charge in [-0.25, -0.2) is 0 Å². The summed E-state index contributed by atoms with van der Waals surface area (Å²) in [6, 6.07) is -0.797. The van der Waals surface area contributed by atoms with Gasteiger partial charge in [-0.15, -0.1) is 0 Å². The third kappa shape index (κ3) is 31.4. The van der Waals surface area contributed by atoms with E-state index in [9.17, 15) is 30.3 Å². The van der Waals surface area contributed by atoms with Crippen LogP contribution in [0.25, 0.3) is 0 Å². The third-order valence-corrected chi connectivity index (χ3v) is 12.4. The van der Waals surface area contributed by atoms with Crippen LogP contribution in [0.2, 0.25) is 0 Å². The summed E-state index contributed by atoms with van der Waals surface area (Å²) in [7, 11) is 0. The Morgan fingerprint density at radius 3 is 1.32 bits per heavy atom. The molecule has 0 radical (unpaired) electrons. The topological polar surface area (TPSA) is 149 Å². The summed E-state index contributed by atoms with van der Waals surface area (Å²) in [6.07, 6.45) is 41.5. The van der Waals surface area contributed by atoms with Crippen LogP contribution in [-0.4, -0.2) is 87.5 Å². The molecule has 7 atom stereocenters.